The number of phenolic OH excluding ortho intramolecular Hbond substituents is 2. The van der Waals surface area contributed by atoms with Crippen molar-refractivity contribution in [1.29, 1.82) is 0 Å². The van der Waals surface area contributed by atoms with Crippen molar-refractivity contribution in [2.75, 3.05) is 19.8 Å². The number of phenols is 2. The summed E-state index contributed by atoms with van der Waals surface area (Å²) in [6.45, 7) is 41.6. The van der Waals surface area contributed by atoms with Crippen LogP contribution in [-0.2, 0) is 68.2 Å². The van der Waals surface area contributed by atoms with Gasteiger partial charge in [0.2, 0.25) is 0 Å². The van der Waals surface area contributed by atoms with Gasteiger partial charge >= 0.3 is 17.9 Å². The van der Waals surface area contributed by atoms with Crippen molar-refractivity contribution >= 4 is 129 Å². The summed E-state index contributed by atoms with van der Waals surface area (Å²) in [5.74, 6) is -5.50. The van der Waals surface area contributed by atoms with E-state index in [1.807, 2.05) is 136 Å². The number of carbonyl (C=O) groups is 9. The number of Topliss-reactive ketones (excluding diaryl/α,β-unsaturated/α-hetero) is 3. The van der Waals surface area contributed by atoms with Gasteiger partial charge in [0.25, 0.3) is 18.5 Å². The third-order valence-corrected chi connectivity index (χ3v) is 17.1. The fourth-order valence-corrected chi connectivity index (χ4v) is 9.92. The van der Waals surface area contributed by atoms with Crippen LogP contribution in [0.2, 0.25) is 25.1 Å². The van der Waals surface area contributed by atoms with E-state index in [0.717, 1.165) is 54.2 Å². The standard InChI is InChI=1S/C17H20O.C16H16Cl2O.C14H18O.C13H14Cl2O.C13H14ClFO.3C6H9FO3/c1-12-7-5-6-8-16(12)13-9-14(17(2,3)4)11-15(18)10-13;1-16(2,3)11-7-10(8-12(19)9-11)15-13(17)5-4-6-14(15)18;1-11-7-5-6-8-12(11)9-10-13(15)14(2,3)4;2*1-13(2,3)12(16)8-7-9-10(14)5-4-6-11(9)15;3*1-3-10-6(9)5(7)4(2)8/h5-11,18H,1-4H3;4-9,19H,1-3H3;5-10H,1-4H3;2*4-8H,1-3H3;3*5H,3H2,1-2H3/b;;10-9+;2*8-7+;;;. The van der Waals surface area contributed by atoms with E-state index >= 15 is 0 Å². The van der Waals surface area contributed by atoms with Crippen LogP contribution in [0.1, 0.15) is 184 Å². The Morgan fingerprint density at radius 2 is 0.702 bits per heavy atom. The Balaban J connectivity index is 0.00000130. The van der Waals surface area contributed by atoms with Crippen LogP contribution in [0.4, 0.5) is 17.6 Å². The minimum absolute atomic E-state index is 0.0379. The summed E-state index contributed by atoms with van der Waals surface area (Å²) >= 11 is 30.2. The number of esters is 3. The molecule has 7 aromatic carbocycles. The number of hydrogen-bond acceptors (Lipinski definition) is 14. The highest BCUT2D eigenvalue weighted by molar-refractivity contribution is 6.39. The Bertz CT molecular complexity index is 4250. The summed E-state index contributed by atoms with van der Waals surface area (Å²) in [6.07, 6.45) is 3.20. The van der Waals surface area contributed by atoms with Crippen LogP contribution in [-0.4, -0.2) is 101 Å². The number of carbonyl (C=O) groups excluding carboxylic acids is 9. The van der Waals surface area contributed by atoms with Crippen LogP contribution < -0.4 is 0 Å². The van der Waals surface area contributed by atoms with Crippen LogP contribution in [0.15, 0.2) is 158 Å². The fraction of sp³-hybridized carbons (Fsp3) is 0.374. The number of aromatic hydroxyl groups is 2. The fourth-order valence-electron chi connectivity index (χ4n) is 8.55. The van der Waals surface area contributed by atoms with Crippen LogP contribution in [0.25, 0.3) is 40.5 Å². The first-order chi connectivity index (χ1) is 52.5. The lowest BCUT2D eigenvalue weighted by atomic mass is 9.85. The lowest BCUT2D eigenvalue weighted by Gasteiger charge is -2.21. The van der Waals surface area contributed by atoms with E-state index in [-0.39, 0.29) is 70.1 Å². The molecular weight excluding hydrogens is 1570 g/mol. The number of alkyl halides is 3. The summed E-state index contributed by atoms with van der Waals surface area (Å²) in [5, 5.41) is 22.4. The number of ketones is 6. The molecule has 0 amide bonds. The highest BCUT2D eigenvalue weighted by Crippen LogP contribution is 2.39. The lowest BCUT2D eigenvalue weighted by Crippen LogP contribution is -2.25. The molecule has 0 aromatic heterocycles. The molecule has 0 aliphatic heterocycles. The van der Waals surface area contributed by atoms with E-state index in [1.165, 1.54) is 47.1 Å². The Kier molecular flexibility index (Phi) is 45.7. The predicted molar refractivity (Wildman–Crippen MR) is 455 cm³/mol. The molecule has 0 bridgehead atoms. The van der Waals surface area contributed by atoms with Gasteiger partial charge in [-0.15, -0.1) is 0 Å². The molecule has 114 heavy (non-hydrogen) atoms. The Morgan fingerprint density at radius 3 is 1.04 bits per heavy atom. The third kappa shape index (κ3) is 39.3. The molecule has 0 aliphatic rings. The minimum atomic E-state index is -2.11. The number of ether oxygens (including phenoxy) is 3. The monoisotopic (exact) mass is 1680 g/mol. The lowest BCUT2D eigenvalue weighted by molar-refractivity contribution is -0.153. The van der Waals surface area contributed by atoms with Gasteiger partial charge in [-0.2, -0.15) is 0 Å². The van der Waals surface area contributed by atoms with E-state index in [4.69, 9.17) is 58.0 Å². The molecule has 14 nitrogen and oxygen atoms in total. The SMILES string of the molecule is CC(C)(C)C(=O)/C=C/c1c(Cl)cccc1Cl.CC(C)(C)C(=O)/C=C/c1c(F)cccc1Cl.CC(C)(C)c1cc(O)cc(-c2c(Cl)cccc2Cl)c1.CCOC(=O)C(F)C(C)=O.CCOC(=O)C(F)C(C)=O.CCOC(=O)C(F)C(C)=O.Cc1ccccc1-c1cc(O)cc(C(C)(C)C)c1.Cc1ccccc1/C=C/C(=O)C(C)(C)C. The second kappa shape index (κ2) is 49.7. The summed E-state index contributed by atoms with van der Waals surface area (Å²) in [7, 11) is 0. The number of allylic oxidation sites excluding steroid dienone is 3. The minimum Gasteiger partial charge on any atom is -0.508 e. The molecule has 23 heteroatoms. The molecule has 0 fully saturated rings. The van der Waals surface area contributed by atoms with Crippen molar-refractivity contribution in [2.24, 2.45) is 16.2 Å². The average molecular weight is 1680 g/mol. The normalized spacial score (nSPS) is 12.0. The smallest absolute Gasteiger partial charge is 0.348 e. The second-order valence-corrected chi connectivity index (χ2v) is 32.6. The van der Waals surface area contributed by atoms with Gasteiger partial charge in [0.1, 0.15) is 17.3 Å². The topological polar surface area (TPSA) is 222 Å². The maximum absolute atomic E-state index is 13.4. The van der Waals surface area contributed by atoms with Gasteiger partial charge in [-0.05, 0) is 202 Å². The number of halogens is 9. The predicted octanol–water partition coefficient (Wildman–Crippen LogP) is 24.1. The van der Waals surface area contributed by atoms with Gasteiger partial charge in [0.15, 0.2) is 34.7 Å². The Labute approximate surface area is 695 Å². The first-order valence-corrected chi connectivity index (χ1v) is 38.1. The van der Waals surface area contributed by atoms with Crippen molar-refractivity contribution in [3.63, 3.8) is 0 Å². The van der Waals surface area contributed by atoms with Crippen molar-refractivity contribution in [1.82, 2.24) is 0 Å². The summed E-state index contributed by atoms with van der Waals surface area (Å²) < 4.78 is 62.9. The Hall–Kier alpha value is -9.04. The molecule has 0 radical (unpaired) electrons. The summed E-state index contributed by atoms with van der Waals surface area (Å²) in [6, 6.07) is 42.7. The van der Waals surface area contributed by atoms with Crippen LogP contribution >= 0.6 is 58.0 Å². The van der Waals surface area contributed by atoms with Crippen molar-refractivity contribution in [3.8, 4) is 33.8 Å². The van der Waals surface area contributed by atoms with Crippen molar-refractivity contribution in [2.45, 2.75) is 189 Å². The van der Waals surface area contributed by atoms with Gasteiger partial charge in [-0.1, -0.05) is 247 Å². The van der Waals surface area contributed by atoms with Crippen molar-refractivity contribution < 1.29 is 85.1 Å². The maximum atomic E-state index is 13.4. The van der Waals surface area contributed by atoms with E-state index in [1.54, 1.807) is 81.5 Å². The number of hydrogen-bond donors (Lipinski definition) is 2. The molecule has 0 spiro atoms. The quantitative estimate of drug-likeness (QED) is 0.0285. The molecule has 0 saturated carbocycles. The molecule has 620 valence electrons. The summed E-state index contributed by atoms with van der Waals surface area (Å²) in [5.41, 5.74) is 9.34. The molecule has 2 N–H and O–H groups in total. The second-order valence-electron chi connectivity index (χ2n) is 30.6. The largest absolute Gasteiger partial charge is 0.508 e. The molecular formula is C91H109Cl5F4O14. The zero-order valence-electron chi connectivity index (χ0n) is 69.3. The van der Waals surface area contributed by atoms with Crippen LogP contribution in [0, 0.1) is 35.9 Å². The number of aryl methyl sites for hydroxylation is 2. The molecule has 0 heterocycles. The van der Waals surface area contributed by atoms with E-state index < -0.39 is 65.0 Å². The molecule has 3 atom stereocenters. The highest BCUT2D eigenvalue weighted by atomic mass is 35.5. The van der Waals surface area contributed by atoms with Gasteiger partial charge in [0.05, 0.1) is 24.8 Å². The first-order valence-electron chi connectivity index (χ1n) is 36.2. The average Bonchev–Trinajstić information content (AvgIpc) is 0.803. The van der Waals surface area contributed by atoms with Gasteiger partial charge in [-0.3, -0.25) is 28.8 Å². The van der Waals surface area contributed by atoms with Gasteiger partial charge < -0.3 is 24.4 Å². The highest BCUT2D eigenvalue weighted by Gasteiger charge is 2.27. The van der Waals surface area contributed by atoms with E-state index in [0.29, 0.717) is 36.4 Å². The zero-order valence-corrected chi connectivity index (χ0v) is 73.1. The molecule has 3 unspecified atom stereocenters. The molecule has 7 rings (SSSR count). The third-order valence-electron chi connectivity index (χ3n) is 15.4. The van der Waals surface area contributed by atoms with Crippen molar-refractivity contribution in [3.05, 3.63) is 228 Å². The molecule has 0 aliphatic carbocycles. The number of rotatable bonds is 17. The summed E-state index contributed by atoms with van der Waals surface area (Å²) in [4.78, 5) is 96.6. The van der Waals surface area contributed by atoms with Gasteiger partial charge in [-0.25, -0.2) is 31.9 Å². The van der Waals surface area contributed by atoms with Crippen LogP contribution in [0.5, 0.6) is 11.5 Å². The zero-order chi connectivity index (χ0) is 88.1. The van der Waals surface area contributed by atoms with E-state index in [2.05, 4.69) is 80.9 Å². The number of benzene rings is 7. The maximum Gasteiger partial charge on any atom is 0.348 e. The Morgan fingerprint density at radius 1 is 0.395 bits per heavy atom. The molecule has 7 aromatic rings. The first kappa shape index (κ1) is 105. The van der Waals surface area contributed by atoms with Gasteiger partial charge in [0, 0.05) is 53.0 Å². The molecule has 0 saturated heterocycles. The van der Waals surface area contributed by atoms with Crippen LogP contribution in [0.3, 0.4) is 0 Å². The van der Waals surface area contributed by atoms with E-state index in [9.17, 15) is 70.9 Å².